The molecule has 0 rings (SSSR count). The van der Waals surface area contributed by atoms with Gasteiger partial charge in [0.1, 0.15) is 0 Å². The van der Waals surface area contributed by atoms with Crippen molar-refractivity contribution in [1.29, 1.82) is 0 Å². The van der Waals surface area contributed by atoms with E-state index in [4.69, 9.17) is 4.43 Å². The van der Waals surface area contributed by atoms with Crippen molar-refractivity contribution in [1.82, 2.24) is 0 Å². The topological polar surface area (TPSA) is 55.8 Å². The van der Waals surface area contributed by atoms with Gasteiger partial charge in [-0.2, -0.15) is 0 Å². The maximum atomic E-state index is 11.2. The lowest BCUT2D eigenvalue weighted by Gasteiger charge is -2.40. The summed E-state index contributed by atoms with van der Waals surface area (Å²) in [6.07, 6.45) is 7.44. The van der Waals surface area contributed by atoms with E-state index in [1.165, 1.54) is 7.11 Å². The Bertz CT molecular complexity index is 599. The Morgan fingerprint density at radius 2 is 1.60 bits per heavy atom. The van der Waals surface area contributed by atoms with Gasteiger partial charge >= 0.3 is 5.97 Å². The second kappa shape index (κ2) is 15.5. The molecule has 5 heteroatoms. The molecule has 0 aliphatic heterocycles. The lowest BCUT2D eigenvalue weighted by atomic mass is 10.0. The minimum atomic E-state index is -1.98. The molecule has 0 aliphatic rings. The van der Waals surface area contributed by atoms with Crippen LogP contribution in [0.1, 0.15) is 91.9 Å². The van der Waals surface area contributed by atoms with Crippen molar-refractivity contribution < 1.29 is 19.1 Å². The summed E-state index contributed by atoms with van der Waals surface area (Å²) < 4.78 is 11.2. The van der Waals surface area contributed by atoms with Crippen LogP contribution in [-0.2, 0) is 14.0 Å². The van der Waals surface area contributed by atoms with Crippen LogP contribution in [0.2, 0.25) is 18.1 Å². The molecule has 4 nitrogen and oxygen atoms in total. The Kier molecular flexibility index (Phi) is 14.9. The highest BCUT2D eigenvalue weighted by atomic mass is 28.4. The number of hydrogen-bond acceptors (Lipinski definition) is 4. The fourth-order valence-corrected chi connectivity index (χ4v) is 4.12. The van der Waals surface area contributed by atoms with E-state index in [0.29, 0.717) is 19.3 Å². The largest absolute Gasteiger partial charge is 0.469 e. The Labute approximate surface area is 186 Å². The number of hydrogen-bond donors (Lipinski definition) is 1. The van der Waals surface area contributed by atoms with Crippen LogP contribution in [0.4, 0.5) is 0 Å². The van der Waals surface area contributed by atoms with E-state index >= 15 is 0 Å². The fourth-order valence-electron chi connectivity index (χ4n) is 2.73. The molecule has 0 spiro atoms. The minimum absolute atomic E-state index is 0.0975. The number of carbonyl (C=O) groups is 1. The van der Waals surface area contributed by atoms with Crippen LogP contribution in [-0.4, -0.2) is 38.7 Å². The number of esters is 1. The zero-order valence-corrected chi connectivity index (χ0v) is 21.4. The van der Waals surface area contributed by atoms with Gasteiger partial charge in [0.15, 0.2) is 8.32 Å². The van der Waals surface area contributed by atoms with Crippen molar-refractivity contribution in [2.45, 2.75) is 122 Å². The molecule has 0 amide bonds. The molecule has 0 radical (unpaired) electrons. The molecule has 172 valence electrons. The average Bonchev–Trinajstić information content (AvgIpc) is 2.67. The molecule has 0 aromatic heterocycles. The summed E-state index contributed by atoms with van der Waals surface area (Å²) >= 11 is 0. The highest BCUT2D eigenvalue weighted by Crippen LogP contribution is 2.38. The molecule has 0 fully saturated rings. The first-order chi connectivity index (χ1) is 14.0. The van der Waals surface area contributed by atoms with Gasteiger partial charge in [0.2, 0.25) is 0 Å². The maximum Gasteiger partial charge on any atom is 0.305 e. The first-order valence-corrected chi connectivity index (χ1v) is 14.3. The molecule has 0 heterocycles. The quantitative estimate of drug-likeness (QED) is 0.181. The average molecular weight is 437 g/mol. The predicted octanol–water partition coefficient (Wildman–Crippen LogP) is 5.84. The molecular weight excluding hydrogens is 392 g/mol. The predicted molar refractivity (Wildman–Crippen MR) is 127 cm³/mol. The first-order valence-electron chi connectivity index (χ1n) is 11.4. The molecule has 0 saturated carbocycles. The molecule has 2 atom stereocenters. The maximum absolute atomic E-state index is 11.2. The van der Waals surface area contributed by atoms with Crippen LogP contribution >= 0.6 is 0 Å². The molecule has 0 bridgehead atoms. The molecule has 0 aromatic carbocycles. The lowest BCUT2D eigenvalue weighted by molar-refractivity contribution is -0.140. The van der Waals surface area contributed by atoms with Gasteiger partial charge in [-0.15, -0.1) is 5.92 Å². The smallest absolute Gasteiger partial charge is 0.305 e. The fraction of sp³-hybridized carbons (Fsp3) is 0.800. The first kappa shape index (κ1) is 28.7. The number of rotatable bonds is 12. The van der Waals surface area contributed by atoms with Crippen molar-refractivity contribution in [2.75, 3.05) is 7.11 Å². The van der Waals surface area contributed by atoms with E-state index < -0.39 is 14.4 Å². The summed E-state index contributed by atoms with van der Waals surface area (Å²) in [5, 5.41) is 10.9. The minimum Gasteiger partial charge on any atom is -0.469 e. The second-order valence-electron chi connectivity index (χ2n) is 9.31. The number of unbranched alkanes of at least 4 members (excludes halogenated alkanes) is 4. The third-order valence-corrected chi connectivity index (χ3v) is 10.2. The molecule has 0 saturated heterocycles. The van der Waals surface area contributed by atoms with Gasteiger partial charge in [0.05, 0.1) is 25.7 Å². The summed E-state index contributed by atoms with van der Waals surface area (Å²) in [4.78, 5) is 11.2. The highest BCUT2D eigenvalue weighted by Gasteiger charge is 2.40. The number of aliphatic hydroxyl groups excluding tert-OH is 1. The van der Waals surface area contributed by atoms with Crippen LogP contribution < -0.4 is 0 Å². The van der Waals surface area contributed by atoms with Crippen LogP contribution in [0.25, 0.3) is 0 Å². The molecule has 30 heavy (non-hydrogen) atoms. The number of carbonyl (C=O) groups excluding carboxylic acids is 1. The summed E-state index contributed by atoms with van der Waals surface area (Å²) in [5.41, 5.74) is 0. The summed E-state index contributed by atoms with van der Waals surface area (Å²) in [7, 11) is -0.546. The second-order valence-corrected chi connectivity index (χ2v) is 14.1. The van der Waals surface area contributed by atoms with Gasteiger partial charge < -0.3 is 14.3 Å². The van der Waals surface area contributed by atoms with E-state index in [2.05, 4.69) is 62.3 Å². The Morgan fingerprint density at radius 3 is 2.20 bits per heavy atom. The van der Waals surface area contributed by atoms with E-state index in [1.807, 2.05) is 6.92 Å². The monoisotopic (exact) mass is 436 g/mol. The Balaban J connectivity index is 4.66. The van der Waals surface area contributed by atoms with Crippen molar-refractivity contribution in [2.24, 2.45) is 0 Å². The van der Waals surface area contributed by atoms with E-state index in [-0.39, 0.29) is 17.1 Å². The number of aliphatic hydroxyl groups is 1. The zero-order valence-electron chi connectivity index (χ0n) is 20.4. The Morgan fingerprint density at radius 1 is 1.00 bits per heavy atom. The molecule has 0 aromatic rings. The summed E-state index contributed by atoms with van der Waals surface area (Å²) in [6.45, 7) is 13.1. The van der Waals surface area contributed by atoms with E-state index in [9.17, 15) is 9.90 Å². The highest BCUT2D eigenvalue weighted by molar-refractivity contribution is 6.74. The van der Waals surface area contributed by atoms with Gasteiger partial charge in [-0.25, -0.2) is 0 Å². The number of methoxy groups -OCH3 is 1. The SMILES string of the molecule is CCC#CCC#CCC(O)[C@@H](CCCCCCCC(=O)OC)O[Si](C)(C)C(C)(C)C. The Hall–Kier alpha value is -1.27. The summed E-state index contributed by atoms with van der Waals surface area (Å²) in [5.74, 6) is 12.0. The molecule has 1 unspecified atom stereocenters. The molecule has 1 N–H and O–H groups in total. The van der Waals surface area contributed by atoms with Crippen LogP contribution in [0, 0.1) is 23.7 Å². The van der Waals surface area contributed by atoms with Crippen LogP contribution in [0.3, 0.4) is 0 Å². The van der Waals surface area contributed by atoms with Gasteiger partial charge in [0.25, 0.3) is 0 Å². The van der Waals surface area contributed by atoms with Crippen molar-refractivity contribution >= 4 is 14.3 Å². The van der Waals surface area contributed by atoms with Crippen molar-refractivity contribution in [3.63, 3.8) is 0 Å². The lowest BCUT2D eigenvalue weighted by Crippen LogP contribution is -2.47. The zero-order chi connectivity index (χ0) is 23.0. The molecular formula is C25H44O4Si. The normalized spacial score (nSPS) is 13.5. The van der Waals surface area contributed by atoms with Crippen molar-refractivity contribution in [3.05, 3.63) is 0 Å². The molecule has 0 aliphatic carbocycles. The van der Waals surface area contributed by atoms with Gasteiger partial charge in [-0.1, -0.05) is 71.1 Å². The van der Waals surface area contributed by atoms with Gasteiger partial charge in [0, 0.05) is 19.3 Å². The third-order valence-electron chi connectivity index (χ3n) is 5.69. The summed E-state index contributed by atoms with van der Waals surface area (Å²) in [6, 6.07) is 0. The number of ether oxygens (including phenoxy) is 1. The van der Waals surface area contributed by atoms with Gasteiger partial charge in [-0.05, 0) is 31.0 Å². The van der Waals surface area contributed by atoms with Crippen LogP contribution in [0.15, 0.2) is 0 Å². The van der Waals surface area contributed by atoms with E-state index in [1.54, 1.807) is 0 Å². The van der Waals surface area contributed by atoms with Crippen LogP contribution in [0.5, 0.6) is 0 Å². The van der Waals surface area contributed by atoms with Gasteiger partial charge in [-0.3, -0.25) is 4.79 Å². The van der Waals surface area contributed by atoms with Crippen molar-refractivity contribution in [3.8, 4) is 23.7 Å². The third kappa shape index (κ3) is 13.1. The standard InChI is InChI=1S/C25H44O4Si/c1-8-9-10-11-13-16-19-22(26)23(29-30(6,7)25(2,3)4)20-17-14-12-15-18-21-24(27)28-5/h22-23,26H,8,11-12,14-15,17-21H2,1-7H3/t22?,23-/m1/s1. The van der Waals surface area contributed by atoms with E-state index in [0.717, 1.165) is 44.9 Å².